The normalized spacial score (nSPS) is 23.0. The number of nitrogens with one attached hydrogen (secondary N) is 5. The van der Waals surface area contributed by atoms with Gasteiger partial charge in [-0.05, 0) is 6.42 Å². The second-order valence-corrected chi connectivity index (χ2v) is 6.63. The van der Waals surface area contributed by atoms with Gasteiger partial charge in [0.2, 0.25) is 0 Å². The van der Waals surface area contributed by atoms with Gasteiger partial charge in [-0.1, -0.05) is 6.08 Å². The second kappa shape index (κ2) is 18.7. The first-order valence-corrected chi connectivity index (χ1v) is 10.6. The van der Waals surface area contributed by atoms with E-state index >= 15 is 0 Å². The Hall–Kier alpha value is 0.639. The van der Waals surface area contributed by atoms with Gasteiger partial charge in [-0.25, -0.2) is 0 Å². The summed E-state index contributed by atoms with van der Waals surface area (Å²) in [6.07, 6.45) is 3.01. The van der Waals surface area contributed by atoms with E-state index in [9.17, 15) is 0 Å². The van der Waals surface area contributed by atoms with Crippen LogP contribution in [0.25, 0.3) is 0 Å². The fraction of sp³-hybridized carbons (Fsp3) is 0.846. The first kappa shape index (κ1) is 21.6. The first-order valence-electron chi connectivity index (χ1n) is 7.39. The van der Waals surface area contributed by atoms with E-state index in [1.54, 1.807) is 0 Å². The maximum absolute atomic E-state index is 4.80. The molecule has 0 aromatic rings. The van der Waals surface area contributed by atoms with Crippen LogP contribution in [-0.4, -0.2) is 64.9 Å². The number of hydrogen-bond acceptors (Lipinski definition) is 5. The molecular formula is C13H29Cl2MnN5. The van der Waals surface area contributed by atoms with Crippen LogP contribution in [0.1, 0.15) is 6.42 Å². The molecule has 5 N–H and O–H groups in total. The van der Waals surface area contributed by atoms with Crippen molar-refractivity contribution in [2.45, 2.75) is 12.5 Å². The predicted molar refractivity (Wildman–Crippen MR) is 89.8 cm³/mol. The topological polar surface area (TPSA) is 60.1 Å². The minimum absolute atomic E-state index is 0.00694. The van der Waals surface area contributed by atoms with Crippen LogP contribution < -0.4 is 26.6 Å². The van der Waals surface area contributed by atoms with Crippen molar-refractivity contribution in [1.29, 1.82) is 0 Å². The third-order valence-corrected chi connectivity index (χ3v) is 3.01. The number of hydrogen-bond donors (Lipinski definition) is 5. The van der Waals surface area contributed by atoms with Crippen LogP contribution in [0.4, 0.5) is 0 Å². The molecule has 1 unspecified atom stereocenters. The van der Waals surface area contributed by atoms with Crippen LogP contribution in [-0.2, 0) is 13.1 Å². The Morgan fingerprint density at radius 1 is 0.857 bits per heavy atom. The molecule has 1 heterocycles. The summed E-state index contributed by atoms with van der Waals surface area (Å²) in [7, 11) is 9.59. The zero-order valence-electron chi connectivity index (χ0n) is 12.6. The summed E-state index contributed by atoms with van der Waals surface area (Å²) in [5.41, 5.74) is 0. The zero-order valence-corrected chi connectivity index (χ0v) is 15.3. The summed E-state index contributed by atoms with van der Waals surface area (Å²) in [5, 5.41) is 17.3. The van der Waals surface area contributed by atoms with Crippen LogP contribution in [0.2, 0.25) is 0 Å². The number of rotatable bonds is 2. The van der Waals surface area contributed by atoms with E-state index in [2.05, 4.69) is 33.2 Å². The molecule has 5 nitrogen and oxygen atoms in total. The van der Waals surface area contributed by atoms with Crippen molar-refractivity contribution in [3.8, 4) is 0 Å². The molecule has 127 valence electrons. The summed E-state index contributed by atoms with van der Waals surface area (Å²) in [6.45, 7) is 13.1. The van der Waals surface area contributed by atoms with Crippen molar-refractivity contribution in [3.63, 3.8) is 0 Å². The minimum atomic E-state index is 0.00694. The van der Waals surface area contributed by atoms with Crippen LogP contribution in [0, 0.1) is 0 Å². The second-order valence-electron chi connectivity index (χ2n) is 4.68. The van der Waals surface area contributed by atoms with Crippen LogP contribution in [0.3, 0.4) is 0 Å². The van der Waals surface area contributed by atoms with Gasteiger partial charge in [-0.15, -0.1) is 6.58 Å². The van der Waals surface area contributed by atoms with Crippen LogP contribution in [0.15, 0.2) is 12.7 Å². The molecule has 0 aliphatic carbocycles. The van der Waals surface area contributed by atoms with Crippen molar-refractivity contribution in [2.24, 2.45) is 0 Å². The predicted octanol–water partition coefficient (Wildman–Crippen LogP) is 0.269. The molecule has 1 fully saturated rings. The van der Waals surface area contributed by atoms with Gasteiger partial charge < -0.3 is 26.6 Å². The van der Waals surface area contributed by atoms with E-state index < -0.39 is 0 Å². The van der Waals surface area contributed by atoms with E-state index in [0.29, 0.717) is 6.04 Å². The summed E-state index contributed by atoms with van der Waals surface area (Å²) < 4.78 is 0. The average molecular weight is 381 g/mol. The summed E-state index contributed by atoms with van der Waals surface area (Å²) in [4.78, 5) is 0. The zero-order chi connectivity index (χ0) is 15.6. The van der Waals surface area contributed by atoms with Gasteiger partial charge in [0.05, 0.1) is 0 Å². The van der Waals surface area contributed by atoms with Crippen LogP contribution >= 0.6 is 20.2 Å². The van der Waals surface area contributed by atoms with E-state index in [1.165, 1.54) is 0 Å². The standard InChI is InChI=1S/C13H29N5.2ClH.Mn/c1-2-3-13-12-17-9-8-15-5-4-14-6-7-16-10-11-18-13;;;/h2,13-18H,1,3-12H2;2*1H;/q;;;+2/p-2. The Bertz CT molecular complexity index is 209. The molecule has 0 radical (unpaired) electrons. The molecule has 1 rings (SSSR count). The van der Waals surface area contributed by atoms with Crippen LogP contribution in [0.5, 0.6) is 0 Å². The van der Waals surface area contributed by atoms with Crippen molar-refractivity contribution >= 4 is 20.2 Å². The Balaban J connectivity index is 0.00000122. The van der Waals surface area contributed by atoms with Gasteiger partial charge in [0, 0.05) is 64.9 Å². The van der Waals surface area contributed by atoms with Gasteiger partial charge in [-0.2, -0.15) is 0 Å². The molecule has 1 aliphatic rings. The molecule has 0 aromatic heterocycles. The third-order valence-electron chi connectivity index (χ3n) is 3.01. The van der Waals surface area contributed by atoms with Gasteiger partial charge >= 0.3 is 33.3 Å². The molecule has 1 atom stereocenters. The van der Waals surface area contributed by atoms with E-state index in [0.717, 1.165) is 65.3 Å². The van der Waals surface area contributed by atoms with Gasteiger partial charge in [0.25, 0.3) is 0 Å². The van der Waals surface area contributed by atoms with Crippen molar-refractivity contribution in [3.05, 3.63) is 12.7 Å². The quantitative estimate of drug-likeness (QED) is 0.351. The molecule has 0 spiro atoms. The van der Waals surface area contributed by atoms with Gasteiger partial charge in [0.1, 0.15) is 0 Å². The van der Waals surface area contributed by atoms with Crippen molar-refractivity contribution < 1.29 is 13.1 Å². The molecule has 1 saturated heterocycles. The molecule has 0 amide bonds. The van der Waals surface area contributed by atoms with Crippen molar-refractivity contribution in [1.82, 2.24) is 26.6 Å². The Labute approximate surface area is 144 Å². The fourth-order valence-electron chi connectivity index (χ4n) is 1.99. The summed E-state index contributed by atoms with van der Waals surface area (Å²) >= 11 is 0.00694. The SMILES string of the molecule is C=CCC1CNCCNCCNCCNCCN1.[Cl][Mn][Cl]. The molecule has 1 aliphatic heterocycles. The molecular weight excluding hydrogens is 352 g/mol. The monoisotopic (exact) mass is 380 g/mol. The van der Waals surface area contributed by atoms with Gasteiger partial charge in [0.15, 0.2) is 0 Å². The molecule has 0 saturated carbocycles. The van der Waals surface area contributed by atoms with Crippen molar-refractivity contribution in [2.75, 3.05) is 58.9 Å². The first-order chi connectivity index (χ1) is 10.3. The Kier molecular flexibility index (Phi) is 19.3. The molecule has 21 heavy (non-hydrogen) atoms. The summed E-state index contributed by atoms with van der Waals surface area (Å²) in [6, 6.07) is 0.493. The Morgan fingerprint density at radius 2 is 1.29 bits per heavy atom. The maximum atomic E-state index is 4.80. The molecule has 0 bridgehead atoms. The average Bonchev–Trinajstić information content (AvgIpc) is 2.48. The summed E-state index contributed by atoms with van der Waals surface area (Å²) in [5.74, 6) is 0. The third kappa shape index (κ3) is 16.8. The van der Waals surface area contributed by atoms with E-state index in [-0.39, 0.29) is 13.1 Å². The number of halogens is 2. The molecule has 8 heteroatoms. The van der Waals surface area contributed by atoms with E-state index in [4.69, 9.17) is 20.2 Å². The fourth-order valence-corrected chi connectivity index (χ4v) is 1.99. The Morgan fingerprint density at radius 3 is 1.76 bits per heavy atom. The molecule has 0 aromatic carbocycles. The van der Waals surface area contributed by atoms with Gasteiger partial charge in [-0.3, -0.25) is 0 Å². The van der Waals surface area contributed by atoms with E-state index in [1.807, 2.05) is 6.08 Å².